The van der Waals surface area contributed by atoms with Crippen LogP contribution in [-0.2, 0) is 20.7 Å². The first kappa shape index (κ1) is 28.9. The SMILES string of the molecule is CCCOc1ccc(NC(=O)C[C@H]2SC(=Nc3ccc(C(=O)OCC)cc3)N(CCc3ccccc3)C2=O)cc1. The highest BCUT2D eigenvalue weighted by Gasteiger charge is 2.39. The first-order valence-electron chi connectivity index (χ1n) is 13.4. The number of nitrogens with one attached hydrogen (secondary N) is 1. The van der Waals surface area contributed by atoms with E-state index in [1.165, 1.54) is 11.8 Å². The van der Waals surface area contributed by atoms with E-state index in [9.17, 15) is 14.4 Å². The summed E-state index contributed by atoms with van der Waals surface area (Å²) in [6, 6.07) is 23.8. The number of ether oxygens (including phenoxy) is 2. The van der Waals surface area contributed by atoms with E-state index in [4.69, 9.17) is 14.5 Å². The van der Waals surface area contributed by atoms with Gasteiger partial charge in [0.1, 0.15) is 11.0 Å². The van der Waals surface area contributed by atoms with Crippen molar-refractivity contribution in [3.8, 4) is 5.75 Å². The van der Waals surface area contributed by atoms with Gasteiger partial charge in [-0.3, -0.25) is 14.5 Å². The van der Waals surface area contributed by atoms with E-state index in [0.717, 1.165) is 17.7 Å². The number of hydrogen-bond donors (Lipinski definition) is 1. The van der Waals surface area contributed by atoms with Crippen molar-refractivity contribution in [3.05, 3.63) is 90.0 Å². The molecule has 3 aromatic carbocycles. The second kappa shape index (κ2) is 14.3. The number of hydrogen-bond acceptors (Lipinski definition) is 7. The maximum absolute atomic E-state index is 13.4. The average molecular weight is 560 g/mol. The number of esters is 1. The van der Waals surface area contributed by atoms with Gasteiger partial charge in [-0.1, -0.05) is 49.0 Å². The van der Waals surface area contributed by atoms with Crippen molar-refractivity contribution >= 4 is 46.1 Å². The molecule has 0 bridgehead atoms. The van der Waals surface area contributed by atoms with Crippen LogP contribution >= 0.6 is 11.8 Å². The van der Waals surface area contributed by atoms with Crippen LogP contribution in [0.3, 0.4) is 0 Å². The Bertz CT molecular complexity index is 1330. The number of benzene rings is 3. The molecule has 1 aliphatic heterocycles. The lowest BCUT2D eigenvalue weighted by molar-refractivity contribution is -0.128. The molecule has 40 heavy (non-hydrogen) atoms. The Hall–Kier alpha value is -4.11. The van der Waals surface area contributed by atoms with Crippen LogP contribution in [-0.4, -0.2) is 52.9 Å². The van der Waals surface area contributed by atoms with Gasteiger partial charge >= 0.3 is 5.97 Å². The van der Waals surface area contributed by atoms with Crippen molar-refractivity contribution < 1.29 is 23.9 Å². The van der Waals surface area contributed by atoms with E-state index < -0.39 is 11.2 Å². The molecule has 208 valence electrons. The molecule has 0 aliphatic carbocycles. The minimum absolute atomic E-state index is 0.0141. The molecule has 8 nitrogen and oxygen atoms in total. The normalized spacial score (nSPS) is 15.8. The van der Waals surface area contributed by atoms with E-state index in [2.05, 4.69) is 5.32 Å². The van der Waals surface area contributed by atoms with Crippen molar-refractivity contribution in [3.63, 3.8) is 0 Å². The first-order valence-corrected chi connectivity index (χ1v) is 14.2. The van der Waals surface area contributed by atoms with Crippen molar-refractivity contribution in [2.45, 2.75) is 38.4 Å². The van der Waals surface area contributed by atoms with Crippen molar-refractivity contribution in [2.24, 2.45) is 4.99 Å². The summed E-state index contributed by atoms with van der Waals surface area (Å²) in [5.74, 6) is -0.0604. The monoisotopic (exact) mass is 559 g/mol. The lowest BCUT2D eigenvalue weighted by Gasteiger charge is -2.16. The topological polar surface area (TPSA) is 97.3 Å². The smallest absolute Gasteiger partial charge is 0.338 e. The Morgan fingerprint density at radius 3 is 2.38 bits per heavy atom. The van der Waals surface area contributed by atoms with Crippen LogP contribution in [0, 0.1) is 0 Å². The molecule has 1 fully saturated rings. The third-order valence-corrected chi connectivity index (χ3v) is 7.25. The van der Waals surface area contributed by atoms with Crippen LogP contribution < -0.4 is 10.1 Å². The Labute approximate surface area is 238 Å². The molecule has 1 atom stereocenters. The minimum Gasteiger partial charge on any atom is -0.494 e. The molecular formula is C31H33N3O5S. The predicted molar refractivity (Wildman–Crippen MR) is 158 cm³/mol. The van der Waals surface area contributed by atoms with Gasteiger partial charge in [0.2, 0.25) is 11.8 Å². The molecule has 1 saturated heterocycles. The zero-order chi connectivity index (χ0) is 28.3. The molecule has 0 aromatic heterocycles. The van der Waals surface area contributed by atoms with Crippen LogP contribution in [0.1, 0.15) is 42.6 Å². The summed E-state index contributed by atoms with van der Waals surface area (Å²) in [6.07, 6.45) is 1.58. The molecular weight excluding hydrogens is 526 g/mol. The highest BCUT2D eigenvalue weighted by atomic mass is 32.2. The molecule has 3 aromatic rings. The summed E-state index contributed by atoms with van der Waals surface area (Å²) in [7, 11) is 0. The Kier molecular flexibility index (Phi) is 10.3. The summed E-state index contributed by atoms with van der Waals surface area (Å²) >= 11 is 1.28. The second-order valence-corrected chi connectivity index (χ2v) is 10.3. The fourth-order valence-corrected chi connectivity index (χ4v) is 5.23. The van der Waals surface area contributed by atoms with Crippen LogP contribution in [0.5, 0.6) is 5.75 Å². The summed E-state index contributed by atoms with van der Waals surface area (Å²) in [5, 5.41) is 2.81. The predicted octanol–water partition coefficient (Wildman–Crippen LogP) is 5.86. The largest absolute Gasteiger partial charge is 0.494 e. The van der Waals surface area contributed by atoms with Crippen molar-refractivity contribution in [1.82, 2.24) is 4.90 Å². The van der Waals surface area contributed by atoms with E-state index in [-0.39, 0.29) is 18.2 Å². The molecule has 0 radical (unpaired) electrons. The third kappa shape index (κ3) is 7.95. The highest BCUT2D eigenvalue weighted by molar-refractivity contribution is 8.15. The number of anilines is 1. The van der Waals surface area contributed by atoms with Crippen molar-refractivity contribution in [1.29, 1.82) is 0 Å². The third-order valence-electron chi connectivity index (χ3n) is 6.07. The summed E-state index contributed by atoms with van der Waals surface area (Å²) in [5.41, 5.74) is 2.77. The van der Waals surface area contributed by atoms with E-state index in [0.29, 0.717) is 48.3 Å². The van der Waals surface area contributed by atoms with Crippen LogP contribution in [0.25, 0.3) is 0 Å². The number of carbonyl (C=O) groups is 3. The van der Waals surface area contributed by atoms with Gasteiger partial charge in [-0.15, -0.1) is 0 Å². The fraction of sp³-hybridized carbons (Fsp3) is 0.290. The van der Waals surface area contributed by atoms with Gasteiger partial charge < -0.3 is 14.8 Å². The number of amides is 2. The Morgan fingerprint density at radius 2 is 1.70 bits per heavy atom. The van der Waals surface area contributed by atoms with Crippen LogP contribution in [0.2, 0.25) is 0 Å². The molecule has 1 N–H and O–H groups in total. The highest BCUT2D eigenvalue weighted by Crippen LogP contribution is 2.32. The maximum atomic E-state index is 13.4. The minimum atomic E-state index is -0.597. The zero-order valence-corrected chi connectivity index (χ0v) is 23.5. The number of rotatable bonds is 12. The Morgan fingerprint density at radius 1 is 0.975 bits per heavy atom. The van der Waals surface area contributed by atoms with E-state index in [1.807, 2.05) is 49.4 Å². The van der Waals surface area contributed by atoms with E-state index in [1.54, 1.807) is 48.2 Å². The molecule has 0 saturated carbocycles. The van der Waals surface area contributed by atoms with Crippen LogP contribution in [0.15, 0.2) is 83.9 Å². The zero-order valence-electron chi connectivity index (χ0n) is 22.7. The number of carbonyl (C=O) groups excluding carboxylic acids is 3. The lowest BCUT2D eigenvalue weighted by Crippen LogP contribution is -2.35. The van der Waals surface area contributed by atoms with Gasteiger partial charge in [0.25, 0.3) is 0 Å². The number of aliphatic imine (C=N–C) groups is 1. The maximum Gasteiger partial charge on any atom is 0.338 e. The van der Waals surface area contributed by atoms with Gasteiger partial charge in [-0.2, -0.15) is 0 Å². The molecule has 1 heterocycles. The van der Waals surface area contributed by atoms with Gasteiger partial charge in [-0.05, 0) is 73.9 Å². The average Bonchev–Trinajstić information content (AvgIpc) is 3.25. The summed E-state index contributed by atoms with van der Waals surface area (Å²) in [6.45, 7) is 5.16. The molecule has 4 rings (SSSR count). The number of amidine groups is 1. The van der Waals surface area contributed by atoms with E-state index >= 15 is 0 Å². The van der Waals surface area contributed by atoms with Gasteiger partial charge in [0.05, 0.1) is 24.5 Å². The fourth-order valence-electron chi connectivity index (χ4n) is 4.05. The van der Waals surface area contributed by atoms with Gasteiger partial charge in [-0.25, -0.2) is 9.79 Å². The first-order chi connectivity index (χ1) is 19.5. The molecule has 9 heteroatoms. The number of thioether (sulfide) groups is 1. The summed E-state index contributed by atoms with van der Waals surface area (Å²) < 4.78 is 10.6. The quantitative estimate of drug-likeness (QED) is 0.280. The van der Waals surface area contributed by atoms with Crippen molar-refractivity contribution in [2.75, 3.05) is 25.1 Å². The molecule has 0 spiro atoms. The van der Waals surface area contributed by atoms with Gasteiger partial charge in [0.15, 0.2) is 5.17 Å². The standard InChI is InChI=1S/C31H33N3O5S/c1-3-20-39-26-16-14-24(15-17-26)32-28(35)21-27-29(36)34(19-18-22-8-6-5-7-9-22)31(40-27)33-25-12-10-23(11-13-25)30(37)38-4-2/h5-17,27H,3-4,18-21H2,1-2H3,(H,32,35)/t27-/m1/s1. The lowest BCUT2D eigenvalue weighted by atomic mass is 10.1. The Balaban J connectivity index is 1.46. The summed E-state index contributed by atoms with van der Waals surface area (Å²) in [4.78, 5) is 44.7. The number of nitrogens with zero attached hydrogens (tertiary/aromatic N) is 2. The van der Waals surface area contributed by atoms with Gasteiger partial charge in [0, 0.05) is 18.7 Å². The van der Waals surface area contributed by atoms with Crippen LogP contribution in [0.4, 0.5) is 11.4 Å². The molecule has 2 amide bonds. The molecule has 0 unspecified atom stereocenters. The molecule has 1 aliphatic rings. The second-order valence-electron chi connectivity index (χ2n) is 9.12.